The molecule has 2 amide bonds. The van der Waals surface area contributed by atoms with Crippen LogP contribution in [0.25, 0.3) is 0 Å². The van der Waals surface area contributed by atoms with Crippen LogP contribution in [0.15, 0.2) is 5.38 Å². The maximum absolute atomic E-state index is 12.2. The van der Waals surface area contributed by atoms with Crippen molar-refractivity contribution in [3.05, 3.63) is 11.1 Å². The topological polar surface area (TPSA) is 71.5 Å². The first kappa shape index (κ1) is 17.9. The third kappa shape index (κ3) is 5.91. The van der Waals surface area contributed by atoms with E-state index in [0.29, 0.717) is 17.6 Å². The van der Waals surface area contributed by atoms with Gasteiger partial charge in [-0.3, -0.25) is 9.59 Å². The van der Waals surface area contributed by atoms with Crippen LogP contribution >= 0.6 is 11.3 Å². The Balaban J connectivity index is 1.92. The maximum Gasteiger partial charge on any atom is 0.249 e. The number of aryl methyl sites for hydroxylation is 1. The number of nitrogens with zero attached hydrogens (tertiary/aromatic N) is 2. The fraction of sp³-hybridized carbons (Fsp3) is 0.688. The summed E-state index contributed by atoms with van der Waals surface area (Å²) in [6.07, 6.45) is 5.95. The number of carbonyl (C=O) groups excluding carboxylic acids is 2. The summed E-state index contributed by atoms with van der Waals surface area (Å²) in [6.45, 7) is 2.57. The number of amides is 2. The number of hydrogen-bond donors (Lipinski definition) is 1. The number of aromatic nitrogens is 1. The van der Waals surface area contributed by atoms with Crippen molar-refractivity contribution in [3.8, 4) is 0 Å². The number of ether oxygens (including phenoxy) is 1. The van der Waals surface area contributed by atoms with Crippen LogP contribution in [0.2, 0.25) is 0 Å². The van der Waals surface area contributed by atoms with Gasteiger partial charge in [-0.05, 0) is 25.7 Å². The molecule has 1 N–H and O–H groups in total. The first-order valence-corrected chi connectivity index (χ1v) is 8.95. The fourth-order valence-corrected chi connectivity index (χ4v) is 3.60. The van der Waals surface area contributed by atoms with Crippen LogP contribution in [0.5, 0.6) is 0 Å². The lowest BCUT2D eigenvalue weighted by molar-refractivity contribution is -0.138. The molecule has 0 unspecified atom stereocenters. The Labute approximate surface area is 141 Å². The number of methoxy groups -OCH3 is 1. The quantitative estimate of drug-likeness (QED) is 0.828. The molecule has 0 aromatic carbocycles. The average Bonchev–Trinajstić information content (AvgIpc) is 2.93. The molecule has 0 atom stereocenters. The summed E-state index contributed by atoms with van der Waals surface area (Å²) in [5.41, 5.74) is 0.875. The normalized spacial score (nSPS) is 15.4. The van der Waals surface area contributed by atoms with E-state index in [9.17, 15) is 9.59 Å². The van der Waals surface area contributed by atoms with E-state index >= 15 is 0 Å². The zero-order valence-corrected chi connectivity index (χ0v) is 14.7. The van der Waals surface area contributed by atoms with Crippen LogP contribution in [-0.4, -0.2) is 48.5 Å². The molecule has 2 rings (SSSR count). The van der Waals surface area contributed by atoms with E-state index in [1.807, 2.05) is 12.3 Å². The highest BCUT2D eigenvalue weighted by molar-refractivity contribution is 7.13. The molecule has 1 saturated carbocycles. The van der Waals surface area contributed by atoms with Gasteiger partial charge in [0.2, 0.25) is 11.8 Å². The lowest BCUT2D eigenvalue weighted by atomic mass is 9.89. The third-order valence-corrected chi connectivity index (χ3v) is 4.90. The van der Waals surface area contributed by atoms with Crippen LogP contribution in [0.3, 0.4) is 0 Å². The summed E-state index contributed by atoms with van der Waals surface area (Å²) in [6, 6.07) is 0. The number of hydrogen-bond acceptors (Lipinski definition) is 5. The molecule has 1 aromatic heterocycles. The Bertz CT molecular complexity index is 526. The van der Waals surface area contributed by atoms with Gasteiger partial charge in [0, 0.05) is 19.0 Å². The lowest BCUT2D eigenvalue weighted by Crippen LogP contribution is -2.42. The van der Waals surface area contributed by atoms with E-state index in [4.69, 9.17) is 4.74 Å². The smallest absolute Gasteiger partial charge is 0.249 e. The van der Waals surface area contributed by atoms with Crippen molar-refractivity contribution in [1.29, 1.82) is 0 Å². The molecule has 7 heteroatoms. The molecule has 1 aromatic rings. The monoisotopic (exact) mass is 339 g/mol. The summed E-state index contributed by atoms with van der Waals surface area (Å²) < 4.78 is 4.94. The highest BCUT2D eigenvalue weighted by Gasteiger charge is 2.23. The van der Waals surface area contributed by atoms with Crippen molar-refractivity contribution in [2.24, 2.45) is 5.92 Å². The van der Waals surface area contributed by atoms with Gasteiger partial charge in [-0.2, -0.15) is 0 Å². The van der Waals surface area contributed by atoms with Crippen molar-refractivity contribution in [2.75, 3.05) is 32.1 Å². The minimum absolute atomic E-state index is 0.0103. The Morgan fingerprint density at radius 1 is 1.39 bits per heavy atom. The maximum atomic E-state index is 12.2. The molecule has 23 heavy (non-hydrogen) atoms. The largest absolute Gasteiger partial charge is 0.375 e. The first-order valence-electron chi connectivity index (χ1n) is 8.07. The standard InChI is InChI=1S/C16H25N3O3S/c1-12-11-23-16(17-12)18-14(20)9-19(15(21)10-22-2)8-13-6-4-3-5-7-13/h11,13H,3-10H2,1-2H3,(H,17,18,20). The van der Waals surface area contributed by atoms with Gasteiger partial charge >= 0.3 is 0 Å². The van der Waals surface area contributed by atoms with Crippen LogP contribution in [0.4, 0.5) is 5.13 Å². The zero-order valence-electron chi connectivity index (χ0n) is 13.8. The van der Waals surface area contributed by atoms with Crippen LogP contribution in [0, 0.1) is 12.8 Å². The summed E-state index contributed by atoms with van der Waals surface area (Å²) >= 11 is 1.39. The van der Waals surface area contributed by atoms with E-state index in [1.54, 1.807) is 4.90 Å². The van der Waals surface area contributed by atoms with Crippen LogP contribution in [0.1, 0.15) is 37.8 Å². The number of thiazole rings is 1. The SMILES string of the molecule is COCC(=O)N(CC(=O)Nc1nc(C)cs1)CC1CCCCC1. The number of anilines is 1. The molecule has 0 saturated heterocycles. The van der Waals surface area contributed by atoms with Crippen molar-refractivity contribution in [1.82, 2.24) is 9.88 Å². The van der Waals surface area contributed by atoms with Gasteiger partial charge in [-0.15, -0.1) is 11.3 Å². The average molecular weight is 339 g/mol. The predicted octanol–water partition coefficient (Wildman–Crippen LogP) is 2.45. The van der Waals surface area contributed by atoms with Crippen molar-refractivity contribution in [2.45, 2.75) is 39.0 Å². The molecule has 1 fully saturated rings. The molecule has 128 valence electrons. The molecule has 1 aliphatic carbocycles. The summed E-state index contributed by atoms with van der Waals surface area (Å²) in [7, 11) is 1.50. The molecule has 1 aliphatic rings. The molecule has 0 radical (unpaired) electrons. The molecule has 1 heterocycles. The molecule has 0 aliphatic heterocycles. The van der Waals surface area contributed by atoms with Gasteiger partial charge in [0.05, 0.1) is 5.69 Å². The van der Waals surface area contributed by atoms with Crippen molar-refractivity contribution in [3.63, 3.8) is 0 Å². The van der Waals surface area contributed by atoms with Crippen molar-refractivity contribution < 1.29 is 14.3 Å². The predicted molar refractivity (Wildman–Crippen MR) is 90.5 cm³/mol. The lowest BCUT2D eigenvalue weighted by Gasteiger charge is -2.29. The van der Waals surface area contributed by atoms with Gasteiger partial charge in [-0.25, -0.2) is 4.98 Å². The third-order valence-electron chi connectivity index (χ3n) is 4.02. The summed E-state index contributed by atoms with van der Waals surface area (Å²) in [4.78, 5) is 30.3. The zero-order chi connectivity index (χ0) is 16.7. The van der Waals surface area contributed by atoms with Gasteiger partial charge in [-0.1, -0.05) is 19.3 Å². The summed E-state index contributed by atoms with van der Waals surface area (Å²) in [5, 5.41) is 5.22. The molecular weight excluding hydrogens is 314 g/mol. The van der Waals surface area contributed by atoms with E-state index in [2.05, 4.69) is 10.3 Å². The minimum atomic E-state index is -0.209. The van der Waals surface area contributed by atoms with Crippen LogP contribution < -0.4 is 5.32 Å². The molecular formula is C16H25N3O3S. The van der Waals surface area contributed by atoms with Gasteiger partial charge < -0.3 is 15.0 Å². The van der Waals surface area contributed by atoms with E-state index in [-0.39, 0.29) is 25.0 Å². The second kappa shape index (κ2) is 8.98. The van der Waals surface area contributed by atoms with E-state index in [0.717, 1.165) is 18.5 Å². The second-order valence-electron chi connectivity index (χ2n) is 6.05. The Kier molecular flexibility index (Phi) is 6.98. The van der Waals surface area contributed by atoms with E-state index < -0.39 is 0 Å². The van der Waals surface area contributed by atoms with Crippen LogP contribution in [-0.2, 0) is 14.3 Å². The minimum Gasteiger partial charge on any atom is -0.375 e. The highest BCUT2D eigenvalue weighted by Crippen LogP contribution is 2.24. The highest BCUT2D eigenvalue weighted by atomic mass is 32.1. The molecule has 0 spiro atoms. The summed E-state index contributed by atoms with van der Waals surface area (Å²) in [5.74, 6) is 0.141. The number of rotatable bonds is 7. The molecule has 6 nitrogen and oxygen atoms in total. The van der Waals surface area contributed by atoms with Crippen molar-refractivity contribution >= 4 is 28.3 Å². The number of nitrogens with one attached hydrogen (secondary N) is 1. The second-order valence-corrected chi connectivity index (χ2v) is 6.91. The Morgan fingerprint density at radius 2 is 2.13 bits per heavy atom. The molecule has 0 bridgehead atoms. The Hall–Kier alpha value is -1.47. The van der Waals surface area contributed by atoms with Gasteiger partial charge in [0.25, 0.3) is 0 Å². The van der Waals surface area contributed by atoms with Gasteiger partial charge in [0.1, 0.15) is 13.2 Å². The first-order chi connectivity index (χ1) is 11.1. The number of carbonyl (C=O) groups is 2. The van der Waals surface area contributed by atoms with E-state index in [1.165, 1.54) is 37.7 Å². The Morgan fingerprint density at radius 3 is 2.74 bits per heavy atom. The fourth-order valence-electron chi connectivity index (χ4n) is 2.89. The van der Waals surface area contributed by atoms with Gasteiger partial charge in [0.15, 0.2) is 5.13 Å².